The van der Waals surface area contributed by atoms with Crippen LogP contribution in [0.1, 0.15) is 31.1 Å². The smallest absolute Gasteiger partial charge is 0.335 e. The van der Waals surface area contributed by atoms with Gasteiger partial charge in [0.1, 0.15) is 17.1 Å². The summed E-state index contributed by atoms with van der Waals surface area (Å²) >= 11 is 0. The Balaban J connectivity index is 1.72. The van der Waals surface area contributed by atoms with Crippen molar-refractivity contribution in [2.45, 2.75) is 0 Å². The summed E-state index contributed by atoms with van der Waals surface area (Å²) in [5.41, 5.74) is 1.51. The summed E-state index contributed by atoms with van der Waals surface area (Å²) in [4.78, 5) is 36.2. The standard InChI is InChI=1S/C23H20N2O6/c1-30-18-7-4-8-19(31-2)20(18)22(27)24-16-11-9-14(10-12-16)21(26)25-17-6-3-5-15(13-17)23(28)29/h3-13H,1-2H3,(H,24,27)(H,25,26)(H,28,29). The highest BCUT2D eigenvalue weighted by atomic mass is 16.5. The molecule has 0 radical (unpaired) electrons. The fourth-order valence-corrected chi connectivity index (χ4v) is 2.91. The summed E-state index contributed by atoms with van der Waals surface area (Å²) in [5, 5.41) is 14.4. The molecule has 8 nitrogen and oxygen atoms in total. The van der Waals surface area contributed by atoms with Gasteiger partial charge < -0.3 is 25.2 Å². The first-order chi connectivity index (χ1) is 14.9. The number of benzene rings is 3. The van der Waals surface area contributed by atoms with Crippen LogP contribution in [0.15, 0.2) is 66.7 Å². The van der Waals surface area contributed by atoms with Gasteiger partial charge in [-0.25, -0.2) is 4.79 Å². The van der Waals surface area contributed by atoms with Crippen LogP contribution < -0.4 is 20.1 Å². The zero-order chi connectivity index (χ0) is 22.4. The first kappa shape index (κ1) is 21.4. The number of aromatic carboxylic acids is 1. The number of amides is 2. The fraction of sp³-hybridized carbons (Fsp3) is 0.0870. The zero-order valence-corrected chi connectivity index (χ0v) is 16.8. The molecule has 31 heavy (non-hydrogen) atoms. The van der Waals surface area contributed by atoms with E-state index in [0.29, 0.717) is 28.4 Å². The van der Waals surface area contributed by atoms with E-state index in [2.05, 4.69) is 10.6 Å². The highest BCUT2D eigenvalue weighted by molar-refractivity contribution is 6.09. The molecule has 0 saturated heterocycles. The number of hydrogen-bond donors (Lipinski definition) is 3. The van der Waals surface area contributed by atoms with Gasteiger partial charge in [0, 0.05) is 16.9 Å². The molecule has 0 aliphatic heterocycles. The molecule has 3 rings (SSSR count). The van der Waals surface area contributed by atoms with Gasteiger partial charge >= 0.3 is 5.97 Å². The Morgan fingerprint density at radius 3 is 1.87 bits per heavy atom. The molecule has 158 valence electrons. The van der Waals surface area contributed by atoms with Gasteiger partial charge in [0.2, 0.25) is 0 Å². The molecule has 3 N–H and O–H groups in total. The average molecular weight is 420 g/mol. The Kier molecular flexibility index (Phi) is 6.51. The quantitative estimate of drug-likeness (QED) is 0.534. The predicted octanol–water partition coefficient (Wildman–Crippen LogP) is 3.91. The zero-order valence-electron chi connectivity index (χ0n) is 16.8. The van der Waals surface area contributed by atoms with Gasteiger partial charge in [0.15, 0.2) is 0 Å². The van der Waals surface area contributed by atoms with Crippen LogP contribution in [0.2, 0.25) is 0 Å². The topological polar surface area (TPSA) is 114 Å². The van der Waals surface area contributed by atoms with Crippen molar-refractivity contribution in [3.05, 3.63) is 83.4 Å². The number of nitrogens with one attached hydrogen (secondary N) is 2. The Morgan fingerprint density at radius 1 is 0.710 bits per heavy atom. The summed E-state index contributed by atoms with van der Waals surface area (Å²) in [6, 6.07) is 17.2. The van der Waals surface area contributed by atoms with E-state index in [9.17, 15) is 14.4 Å². The summed E-state index contributed by atoms with van der Waals surface area (Å²) in [5.74, 6) is -1.17. The number of hydrogen-bond acceptors (Lipinski definition) is 5. The van der Waals surface area contributed by atoms with Crippen LogP contribution in [0, 0.1) is 0 Å². The Labute approximate surface area is 178 Å². The number of anilines is 2. The Hall–Kier alpha value is -4.33. The summed E-state index contributed by atoms with van der Waals surface area (Å²) in [7, 11) is 2.93. The van der Waals surface area contributed by atoms with Gasteiger partial charge in [-0.1, -0.05) is 12.1 Å². The number of rotatable bonds is 7. The van der Waals surface area contributed by atoms with E-state index < -0.39 is 17.8 Å². The predicted molar refractivity (Wildman–Crippen MR) is 115 cm³/mol. The maximum absolute atomic E-state index is 12.7. The van der Waals surface area contributed by atoms with Gasteiger partial charge in [0.05, 0.1) is 19.8 Å². The van der Waals surface area contributed by atoms with Gasteiger partial charge in [-0.05, 0) is 54.6 Å². The lowest BCUT2D eigenvalue weighted by Crippen LogP contribution is -2.15. The average Bonchev–Trinajstić information content (AvgIpc) is 2.78. The number of methoxy groups -OCH3 is 2. The lowest BCUT2D eigenvalue weighted by molar-refractivity contribution is 0.0696. The highest BCUT2D eigenvalue weighted by Gasteiger charge is 2.18. The molecular weight excluding hydrogens is 400 g/mol. The van der Waals surface area contributed by atoms with Crippen molar-refractivity contribution in [3.8, 4) is 11.5 Å². The van der Waals surface area contributed by atoms with Gasteiger partial charge in [-0.2, -0.15) is 0 Å². The van der Waals surface area contributed by atoms with Crippen molar-refractivity contribution >= 4 is 29.2 Å². The third-order valence-electron chi connectivity index (χ3n) is 4.43. The van der Waals surface area contributed by atoms with Crippen molar-refractivity contribution in [1.82, 2.24) is 0 Å². The number of carboxylic acids is 1. The van der Waals surface area contributed by atoms with E-state index in [1.165, 1.54) is 26.4 Å². The molecule has 3 aromatic carbocycles. The molecular formula is C23H20N2O6. The van der Waals surface area contributed by atoms with Crippen LogP contribution in [-0.4, -0.2) is 37.1 Å². The molecule has 0 aliphatic carbocycles. The number of carboxylic acid groups (broad SMARTS) is 1. The maximum Gasteiger partial charge on any atom is 0.335 e. The number of carbonyl (C=O) groups excluding carboxylic acids is 2. The molecule has 0 spiro atoms. The summed E-state index contributed by atoms with van der Waals surface area (Å²) in [6.45, 7) is 0. The number of ether oxygens (including phenoxy) is 2. The molecule has 0 heterocycles. The first-order valence-electron chi connectivity index (χ1n) is 9.20. The van der Waals surface area contributed by atoms with E-state index in [0.717, 1.165) is 0 Å². The molecule has 0 saturated carbocycles. The minimum absolute atomic E-state index is 0.0719. The molecule has 0 bridgehead atoms. The lowest BCUT2D eigenvalue weighted by Gasteiger charge is -2.13. The Bertz CT molecular complexity index is 1100. The molecule has 0 aromatic heterocycles. The van der Waals surface area contributed by atoms with Crippen molar-refractivity contribution in [2.24, 2.45) is 0 Å². The first-order valence-corrected chi connectivity index (χ1v) is 9.20. The lowest BCUT2D eigenvalue weighted by atomic mass is 10.1. The second-order valence-electron chi connectivity index (χ2n) is 6.41. The molecule has 0 atom stereocenters. The van der Waals surface area contributed by atoms with Crippen LogP contribution in [-0.2, 0) is 0 Å². The normalized spacial score (nSPS) is 10.1. The molecule has 3 aromatic rings. The van der Waals surface area contributed by atoms with Crippen molar-refractivity contribution in [1.29, 1.82) is 0 Å². The molecule has 2 amide bonds. The molecule has 0 unspecified atom stereocenters. The van der Waals surface area contributed by atoms with Crippen molar-refractivity contribution in [2.75, 3.05) is 24.9 Å². The van der Waals surface area contributed by atoms with Crippen LogP contribution in [0.5, 0.6) is 11.5 Å². The number of carbonyl (C=O) groups is 3. The summed E-state index contributed by atoms with van der Waals surface area (Å²) < 4.78 is 10.5. The van der Waals surface area contributed by atoms with E-state index in [4.69, 9.17) is 14.6 Å². The van der Waals surface area contributed by atoms with Crippen LogP contribution in [0.4, 0.5) is 11.4 Å². The van der Waals surface area contributed by atoms with Crippen LogP contribution in [0.3, 0.4) is 0 Å². The molecule has 0 aliphatic rings. The summed E-state index contributed by atoms with van der Waals surface area (Å²) in [6.07, 6.45) is 0. The van der Waals surface area contributed by atoms with E-state index in [1.807, 2.05) is 0 Å². The second kappa shape index (κ2) is 9.45. The van der Waals surface area contributed by atoms with Gasteiger partial charge in [0.25, 0.3) is 11.8 Å². The third-order valence-corrected chi connectivity index (χ3v) is 4.43. The Morgan fingerprint density at radius 2 is 1.29 bits per heavy atom. The van der Waals surface area contributed by atoms with E-state index >= 15 is 0 Å². The molecule has 8 heteroatoms. The van der Waals surface area contributed by atoms with Crippen LogP contribution >= 0.6 is 0 Å². The van der Waals surface area contributed by atoms with E-state index in [-0.39, 0.29) is 11.1 Å². The SMILES string of the molecule is COc1cccc(OC)c1C(=O)Nc1ccc(C(=O)Nc2cccc(C(=O)O)c2)cc1. The monoisotopic (exact) mass is 420 g/mol. The van der Waals surface area contributed by atoms with Gasteiger partial charge in [-0.15, -0.1) is 0 Å². The maximum atomic E-state index is 12.7. The van der Waals surface area contributed by atoms with Gasteiger partial charge in [-0.3, -0.25) is 9.59 Å². The minimum Gasteiger partial charge on any atom is -0.496 e. The molecule has 0 fully saturated rings. The fourth-order valence-electron chi connectivity index (χ4n) is 2.91. The second-order valence-corrected chi connectivity index (χ2v) is 6.41. The van der Waals surface area contributed by atoms with E-state index in [1.54, 1.807) is 54.6 Å². The minimum atomic E-state index is -1.08. The third kappa shape index (κ3) is 4.99. The van der Waals surface area contributed by atoms with Crippen molar-refractivity contribution in [3.63, 3.8) is 0 Å². The largest absolute Gasteiger partial charge is 0.496 e. The highest BCUT2D eigenvalue weighted by Crippen LogP contribution is 2.29. The van der Waals surface area contributed by atoms with Crippen LogP contribution in [0.25, 0.3) is 0 Å². The van der Waals surface area contributed by atoms with Crippen molar-refractivity contribution < 1.29 is 29.0 Å².